The summed E-state index contributed by atoms with van der Waals surface area (Å²) in [4.78, 5) is 35.7. The van der Waals surface area contributed by atoms with Crippen molar-refractivity contribution in [3.63, 3.8) is 0 Å². The summed E-state index contributed by atoms with van der Waals surface area (Å²) in [6.45, 7) is 1.61. The number of amides is 4. The highest BCUT2D eigenvalue weighted by molar-refractivity contribution is 6.07. The summed E-state index contributed by atoms with van der Waals surface area (Å²) in [5.74, 6) is -0.102. The van der Waals surface area contributed by atoms with Gasteiger partial charge in [-0.25, -0.2) is 4.79 Å². The lowest BCUT2D eigenvalue weighted by molar-refractivity contribution is -0.123. The van der Waals surface area contributed by atoms with Crippen LogP contribution in [0.2, 0.25) is 0 Å². The maximum atomic E-state index is 12.2. The van der Waals surface area contributed by atoms with Crippen LogP contribution in [0.15, 0.2) is 54.6 Å². The predicted octanol–water partition coefficient (Wildman–Crippen LogP) is 2.40. The fourth-order valence-corrected chi connectivity index (χ4v) is 2.81. The minimum atomic E-state index is -1.18. The van der Waals surface area contributed by atoms with Crippen LogP contribution in [0.5, 0.6) is 5.75 Å². The van der Waals surface area contributed by atoms with Crippen LogP contribution in [-0.2, 0) is 15.1 Å². The molecule has 1 saturated heterocycles. The summed E-state index contributed by atoms with van der Waals surface area (Å²) in [5.41, 5.74) is 0.682. The Bertz CT molecular complexity index is 938. The molecule has 1 atom stereocenters. The average Bonchev–Trinajstić information content (AvgIpc) is 2.93. The zero-order valence-corrected chi connectivity index (χ0v) is 14.9. The van der Waals surface area contributed by atoms with Crippen LogP contribution in [0.25, 0.3) is 6.08 Å². The molecule has 0 radical (unpaired) electrons. The standard InChI is InChI=1S/C20H19N3O4/c1-20(18(25)22-19(26)23-20)14-7-5-8-15(12-14)21-17(24)11-10-13-6-3-4-9-16(13)27-2/h3-12H,1-2H3,(H,21,24)(H2,22,23,25,26). The molecule has 3 rings (SSSR count). The van der Waals surface area contributed by atoms with Gasteiger partial charge in [-0.2, -0.15) is 0 Å². The van der Waals surface area contributed by atoms with Gasteiger partial charge in [0.25, 0.3) is 5.91 Å². The highest BCUT2D eigenvalue weighted by atomic mass is 16.5. The van der Waals surface area contributed by atoms with E-state index in [0.29, 0.717) is 17.0 Å². The highest BCUT2D eigenvalue weighted by Crippen LogP contribution is 2.26. The molecule has 2 aromatic carbocycles. The molecule has 3 N–H and O–H groups in total. The Morgan fingerprint density at radius 3 is 2.63 bits per heavy atom. The number of imide groups is 1. The van der Waals surface area contributed by atoms with Gasteiger partial charge in [0.1, 0.15) is 11.3 Å². The molecule has 4 amide bonds. The van der Waals surface area contributed by atoms with E-state index in [1.807, 2.05) is 24.3 Å². The second kappa shape index (κ2) is 7.33. The van der Waals surface area contributed by atoms with E-state index in [9.17, 15) is 14.4 Å². The Morgan fingerprint density at radius 1 is 1.15 bits per heavy atom. The lowest BCUT2D eigenvalue weighted by Crippen LogP contribution is -2.40. The fraction of sp³-hybridized carbons (Fsp3) is 0.150. The number of benzene rings is 2. The molecule has 0 saturated carbocycles. The van der Waals surface area contributed by atoms with Crippen LogP contribution in [0.4, 0.5) is 10.5 Å². The Hall–Kier alpha value is -3.61. The van der Waals surface area contributed by atoms with E-state index in [4.69, 9.17) is 4.74 Å². The molecule has 0 aliphatic carbocycles. The molecule has 0 bridgehead atoms. The van der Waals surface area contributed by atoms with Gasteiger partial charge in [0.2, 0.25) is 5.91 Å². The summed E-state index contributed by atoms with van der Waals surface area (Å²) in [7, 11) is 1.57. The average molecular weight is 365 g/mol. The zero-order chi connectivity index (χ0) is 19.4. The number of nitrogens with one attached hydrogen (secondary N) is 3. The van der Waals surface area contributed by atoms with E-state index in [-0.39, 0.29) is 5.91 Å². The van der Waals surface area contributed by atoms with Crippen molar-refractivity contribution >= 4 is 29.6 Å². The maximum Gasteiger partial charge on any atom is 0.322 e. The molecule has 1 aliphatic heterocycles. The summed E-state index contributed by atoms with van der Waals surface area (Å²) < 4.78 is 5.24. The van der Waals surface area contributed by atoms with Crippen molar-refractivity contribution in [1.82, 2.24) is 10.6 Å². The number of methoxy groups -OCH3 is 1. The number of carbonyl (C=O) groups excluding carboxylic acids is 3. The molecular weight excluding hydrogens is 346 g/mol. The van der Waals surface area contributed by atoms with Crippen molar-refractivity contribution in [2.75, 3.05) is 12.4 Å². The third-order valence-corrected chi connectivity index (χ3v) is 4.31. The van der Waals surface area contributed by atoms with Crippen molar-refractivity contribution in [2.24, 2.45) is 0 Å². The summed E-state index contributed by atoms with van der Waals surface area (Å²) in [6.07, 6.45) is 3.06. The molecule has 0 spiro atoms. The maximum absolute atomic E-state index is 12.2. The molecule has 27 heavy (non-hydrogen) atoms. The van der Waals surface area contributed by atoms with Crippen LogP contribution in [-0.4, -0.2) is 25.0 Å². The number of carbonyl (C=O) groups is 3. The lowest BCUT2D eigenvalue weighted by atomic mass is 9.92. The Morgan fingerprint density at radius 2 is 1.93 bits per heavy atom. The molecule has 1 heterocycles. The first-order chi connectivity index (χ1) is 12.9. The number of hydrogen-bond donors (Lipinski definition) is 3. The first kappa shape index (κ1) is 18.2. The van der Waals surface area contributed by atoms with E-state index in [1.54, 1.807) is 44.4 Å². The van der Waals surface area contributed by atoms with Gasteiger partial charge >= 0.3 is 6.03 Å². The molecule has 1 unspecified atom stereocenters. The molecule has 1 fully saturated rings. The minimum absolute atomic E-state index is 0.330. The van der Waals surface area contributed by atoms with E-state index < -0.39 is 17.5 Å². The van der Waals surface area contributed by atoms with Crippen molar-refractivity contribution < 1.29 is 19.1 Å². The number of para-hydroxylation sites is 1. The first-order valence-electron chi connectivity index (χ1n) is 8.28. The largest absolute Gasteiger partial charge is 0.496 e. The number of anilines is 1. The second-order valence-electron chi connectivity index (χ2n) is 6.18. The van der Waals surface area contributed by atoms with Gasteiger partial charge in [-0.05, 0) is 36.8 Å². The molecular formula is C20H19N3O4. The van der Waals surface area contributed by atoms with Gasteiger partial charge in [0.15, 0.2) is 0 Å². The van der Waals surface area contributed by atoms with Crippen LogP contribution in [0.1, 0.15) is 18.1 Å². The number of urea groups is 1. The smallest absolute Gasteiger partial charge is 0.322 e. The van der Waals surface area contributed by atoms with E-state index in [2.05, 4.69) is 16.0 Å². The van der Waals surface area contributed by atoms with Crippen molar-refractivity contribution in [2.45, 2.75) is 12.5 Å². The molecule has 1 aliphatic rings. The third-order valence-electron chi connectivity index (χ3n) is 4.31. The fourth-order valence-electron chi connectivity index (χ4n) is 2.81. The zero-order valence-electron chi connectivity index (χ0n) is 14.9. The molecule has 2 aromatic rings. The van der Waals surface area contributed by atoms with Gasteiger partial charge in [0.05, 0.1) is 7.11 Å². The first-order valence-corrected chi connectivity index (χ1v) is 8.28. The highest BCUT2D eigenvalue weighted by Gasteiger charge is 2.43. The predicted molar refractivity (Wildman–Crippen MR) is 101 cm³/mol. The van der Waals surface area contributed by atoms with E-state index in [0.717, 1.165) is 5.56 Å². The number of hydrogen-bond acceptors (Lipinski definition) is 4. The van der Waals surface area contributed by atoms with E-state index in [1.165, 1.54) is 6.08 Å². The molecule has 7 nitrogen and oxygen atoms in total. The Balaban J connectivity index is 1.75. The quantitative estimate of drug-likeness (QED) is 0.560. The minimum Gasteiger partial charge on any atom is -0.496 e. The van der Waals surface area contributed by atoms with Crippen LogP contribution in [0, 0.1) is 0 Å². The van der Waals surface area contributed by atoms with Gasteiger partial charge < -0.3 is 15.4 Å². The van der Waals surface area contributed by atoms with Crippen molar-refractivity contribution in [3.8, 4) is 5.75 Å². The Kier molecular flexibility index (Phi) is 4.94. The van der Waals surface area contributed by atoms with Gasteiger partial charge in [-0.3, -0.25) is 14.9 Å². The third kappa shape index (κ3) is 3.82. The normalized spacial score (nSPS) is 18.9. The van der Waals surface area contributed by atoms with Crippen LogP contribution < -0.4 is 20.7 Å². The number of rotatable bonds is 5. The summed E-state index contributed by atoms with van der Waals surface area (Å²) >= 11 is 0. The molecule has 7 heteroatoms. The van der Waals surface area contributed by atoms with Crippen molar-refractivity contribution in [1.29, 1.82) is 0 Å². The lowest BCUT2D eigenvalue weighted by Gasteiger charge is -2.21. The SMILES string of the molecule is COc1ccccc1C=CC(=O)Nc1cccc(C2(C)NC(=O)NC2=O)c1. The molecule has 138 valence electrons. The Labute approximate surface area is 156 Å². The molecule has 0 aromatic heterocycles. The van der Waals surface area contributed by atoms with Gasteiger partial charge in [0, 0.05) is 17.3 Å². The summed E-state index contributed by atoms with van der Waals surface area (Å²) in [5, 5.41) is 7.56. The number of ether oxygens (including phenoxy) is 1. The summed E-state index contributed by atoms with van der Waals surface area (Å²) in [6, 6.07) is 13.6. The van der Waals surface area contributed by atoms with Crippen LogP contribution >= 0.6 is 0 Å². The topological polar surface area (TPSA) is 96.5 Å². The van der Waals surface area contributed by atoms with Crippen LogP contribution in [0.3, 0.4) is 0 Å². The van der Waals surface area contributed by atoms with Gasteiger partial charge in [-0.15, -0.1) is 0 Å². The van der Waals surface area contributed by atoms with Gasteiger partial charge in [-0.1, -0.05) is 30.3 Å². The van der Waals surface area contributed by atoms with Crippen molar-refractivity contribution in [3.05, 3.63) is 65.7 Å². The monoisotopic (exact) mass is 365 g/mol. The van der Waals surface area contributed by atoms with E-state index >= 15 is 0 Å². The second-order valence-corrected chi connectivity index (χ2v) is 6.18.